The Morgan fingerprint density at radius 1 is 1.57 bits per heavy atom. The van der Waals surface area contributed by atoms with Crippen LogP contribution in [0.15, 0.2) is 23.4 Å². The average molecular weight is 293 g/mol. The molecule has 0 aliphatic heterocycles. The number of pyridine rings is 1. The summed E-state index contributed by atoms with van der Waals surface area (Å²) in [5, 5.41) is 3.40. The summed E-state index contributed by atoms with van der Waals surface area (Å²) in [7, 11) is 0. The second-order valence-corrected chi connectivity index (χ2v) is 4.20. The molecule has 0 aromatic carbocycles. The van der Waals surface area contributed by atoms with Crippen LogP contribution in [-0.2, 0) is 9.53 Å². The Morgan fingerprint density at radius 2 is 2.38 bits per heavy atom. The predicted molar refractivity (Wildman–Crippen MR) is 76.5 cm³/mol. The Balaban J connectivity index is 2.42. The third kappa shape index (κ3) is 6.60. The molecule has 1 aromatic heterocycles. The molecule has 8 heteroatoms. The first kappa shape index (κ1) is 16.7. The minimum Gasteiger partial charge on any atom is -0.478 e. The lowest BCUT2D eigenvalue weighted by Crippen LogP contribution is -2.17. The Morgan fingerprint density at radius 3 is 3.00 bits per heavy atom. The number of carbonyl (C=O) groups excluding carboxylic acids is 1. The van der Waals surface area contributed by atoms with Gasteiger partial charge in [-0.15, -0.1) is 0 Å². The quantitative estimate of drug-likeness (QED) is 0.245. The van der Waals surface area contributed by atoms with Crippen LogP contribution in [0.2, 0.25) is 0 Å². The van der Waals surface area contributed by atoms with Gasteiger partial charge >= 0.3 is 5.97 Å². The van der Waals surface area contributed by atoms with Gasteiger partial charge in [-0.25, -0.2) is 4.98 Å². The van der Waals surface area contributed by atoms with Crippen LogP contribution in [0.5, 0.6) is 5.88 Å². The third-order valence-electron chi connectivity index (χ3n) is 2.59. The largest absolute Gasteiger partial charge is 0.478 e. The highest BCUT2D eigenvalue weighted by Crippen LogP contribution is 2.16. The lowest BCUT2D eigenvalue weighted by atomic mass is 10.1. The smallest absolute Gasteiger partial charge is 0.307 e. The summed E-state index contributed by atoms with van der Waals surface area (Å²) in [5.41, 5.74) is 14.8. The molecule has 8 nitrogen and oxygen atoms in total. The van der Waals surface area contributed by atoms with Crippen molar-refractivity contribution < 1.29 is 14.3 Å². The van der Waals surface area contributed by atoms with E-state index in [1.54, 1.807) is 25.3 Å². The number of rotatable bonds is 9. The molecule has 1 aromatic rings. The topological polar surface area (TPSA) is 123 Å². The minimum atomic E-state index is -0.449. The lowest BCUT2D eigenvalue weighted by molar-refractivity contribution is -0.143. The zero-order chi connectivity index (χ0) is 15.5. The molecule has 0 aliphatic carbocycles. The minimum absolute atomic E-state index is 0.113. The molecule has 1 heterocycles. The zero-order valence-corrected chi connectivity index (χ0v) is 11.9. The number of nitrogens with zero attached hydrogens (tertiary/aromatic N) is 4. The maximum Gasteiger partial charge on any atom is 0.307 e. The van der Waals surface area contributed by atoms with Crippen LogP contribution < -0.4 is 10.5 Å². The normalized spacial score (nSPS) is 11.3. The van der Waals surface area contributed by atoms with E-state index < -0.39 is 6.04 Å². The van der Waals surface area contributed by atoms with Crippen molar-refractivity contribution in [2.75, 3.05) is 19.8 Å². The molecule has 114 valence electrons. The van der Waals surface area contributed by atoms with E-state index in [0.29, 0.717) is 32.1 Å². The van der Waals surface area contributed by atoms with Crippen molar-refractivity contribution >= 4 is 5.97 Å². The van der Waals surface area contributed by atoms with Gasteiger partial charge < -0.3 is 15.2 Å². The third-order valence-corrected chi connectivity index (χ3v) is 2.59. The van der Waals surface area contributed by atoms with Crippen LogP contribution in [0.4, 0.5) is 0 Å². The van der Waals surface area contributed by atoms with E-state index >= 15 is 0 Å². The monoisotopic (exact) mass is 293 g/mol. The second-order valence-electron chi connectivity index (χ2n) is 4.20. The van der Waals surface area contributed by atoms with Crippen LogP contribution in [0, 0.1) is 0 Å². The Kier molecular flexibility index (Phi) is 7.63. The number of hydrogen-bond acceptors (Lipinski definition) is 6. The van der Waals surface area contributed by atoms with E-state index in [0.717, 1.165) is 5.56 Å². The maximum atomic E-state index is 11.3. The lowest BCUT2D eigenvalue weighted by Gasteiger charge is -2.11. The van der Waals surface area contributed by atoms with E-state index in [1.807, 2.05) is 0 Å². The first-order chi connectivity index (χ1) is 10.2. The van der Waals surface area contributed by atoms with E-state index in [2.05, 4.69) is 15.0 Å². The van der Waals surface area contributed by atoms with Crippen molar-refractivity contribution in [3.05, 3.63) is 34.3 Å². The highest BCUT2D eigenvalue weighted by molar-refractivity contribution is 5.70. The summed E-state index contributed by atoms with van der Waals surface area (Å²) in [5.74, 6) is 0.131. The summed E-state index contributed by atoms with van der Waals surface area (Å²) in [6.45, 7) is 2.89. The molecule has 21 heavy (non-hydrogen) atoms. The molecule has 0 unspecified atom stereocenters. The number of aromatic nitrogens is 1. The molecule has 0 amide bonds. The fourth-order valence-electron chi connectivity index (χ4n) is 1.57. The van der Waals surface area contributed by atoms with Crippen LogP contribution in [-0.4, -0.2) is 30.7 Å². The summed E-state index contributed by atoms with van der Waals surface area (Å²) in [6.07, 6.45) is 2.31. The van der Waals surface area contributed by atoms with Gasteiger partial charge in [0.25, 0.3) is 0 Å². The van der Waals surface area contributed by atoms with Gasteiger partial charge in [-0.05, 0) is 24.4 Å². The van der Waals surface area contributed by atoms with Crippen molar-refractivity contribution in [2.24, 2.45) is 10.8 Å². The van der Waals surface area contributed by atoms with Crippen molar-refractivity contribution in [2.45, 2.75) is 25.8 Å². The highest BCUT2D eigenvalue weighted by atomic mass is 16.5. The van der Waals surface area contributed by atoms with Gasteiger partial charge in [0.2, 0.25) is 5.88 Å². The van der Waals surface area contributed by atoms with Crippen LogP contribution in [0.1, 0.15) is 31.4 Å². The van der Waals surface area contributed by atoms with E-state index in [4.69, 9.17) is 20.7 Å². The van der Waals surface area contributed by atoms with Gasteiger partial charge in [0.05, 0.1) is 19.6 Å². The standard InChI is InChI=1S/C13H19N5O3/c1-2-20-13(19)8-11(14)10-4-5-12(16-9-10)21-7-3-6-17-18-15/h4-5,9,11H,2-3,6-8,14H2,1H3/t11-/m0/s1. The number of azide groups is 1. The first-order valence-corrected chi connectivity index (χ1v) is 6.68. The number of carbonyl (C=O) groups is 1. The fraction of sp³-hybridized carbons (Fsp3) is 0.538. The molecule has 1 rings (SSSR count). The number of nitrogens with two attached hydrogens (primary N) is 1. The van der Waals surface area contributed by atoms with Gasteiger partial charge in [-0.3, -0.25) is 4.79 Å². The summed E-state index contributed by atoms with van der Waals surface area (Å²) in [4.78, 5) is 18.1. The summed E-state index contributed by atoms with van der Waals surface area (Å²) in [6, 6.07) is 3.00. The second kappa shape index (κ2) is 9.57. The van der Waals surface area contributed by atoms with Gasteiger partial charge in [-0.1, -0.05) is 11.2 Å². The zero-order valence-electron chi connectivity index (χ0n) is 11.9. The summed E-state index contributed by atoms with van der Waals surface area (Å²) >= 11 is 0. The van der Waals surface area contributed by atoms with Gasteiger partial charge in [0.1, 0.15) is 0 Å². The van der Waals surface area contributed by atoms with Gasteiger partial charge in [0, 0.05) is 29.8 Å². The molecule has 0 fully saturated rings. The van der Waals surface area contributed by atoms with Crippen molar-refractivity contribution in [3.8, 4) is 5.88 Å². The Labute approximate surface area is 122 Å². The molecule has 0 spiro atoms. The molecule has 0 bridgehead atoms. The fourth-order valence-corrected chi connectivity index (χ4v) is 1.57. The number of ether oxygens (including phenoxy) is 2. The molecule has 2 N–H and O–H groups in total. The van der Waals surface area contributed by atoms with Gasteiger partial charge in [-0.2, -0.15) is 0 Å². The maximum absolute atomic E-state index is 11.3. The van der Waals surface area contributed by atoms with Crippen LogP contribution >= 0.6 is 0 Å². The van der Waals surface area contributed by atoms with Gasteiger partial charge in [0.15, 0.2) is 0 Å². The van der Waals surface area contributed by atoms with Crippen LogP contribution in [0.3, 0.4) is 0 Å². The number of hydrogen-bond donors (Lipinski definition) is 1. The molecular formula is C13H19N5O3. The first-order valence-electron chi connectivity index (χ1n) is 6.68. The van der Waals surface area contributed by atoms with E-state index in [-0.39, 0.29) is 12.4 Å². The molecule has 0 saturated carbocycles. The van der Waals surface area contributed by atoms with Crippen LogP contribution in [0.25, 0.3) is 10.4 Å². The number of esters is 1. The predicted octanol–water partition coefficient (Wildman–Crippen LogP) is 2.11. The molecule has 0 aliphatic rings. The SMILES string of the molecule is CCOC(=O)C[C@H](N)c1ccc(OCCCN=[N+]=[N-])nc1. The van der Waals surface area contributed by atoms with E-state index in [1.165, 1.54) is 0 Å². The molecule has 0 radical (unpaired) electrons. The van der Waals surface area contributed by atoms with Crippen molar-refractivity contribution in [3.63, 3.8) is 0 Å². The Hall–Kier alpha value is -2.31. The van der Waals surface area contributed by atoms with E-state index in [9.17, 15) is 4.79 Å². The Bertz CT molecular complexity index is 485. The molecular weight excluding hydrogens is 274 g/mol. The summed E-state index contributed by atoms with van der Waals surface area (Å²) < 4.78 is 10.2. The highest BCUT2D eigenvalue weighted by Gasteiger charge is 2.12. The van der Waals surface area contributed by atoms with Crippen molar-refractivity contribution in [1.29, 1.82) is 0 Å². The van der Waals surface area contributed by atoms with Crippen molar-refractivity contribution in [1.82, 2.24) is 4.98 Å². The molecule has 1 atom stereocenters. The average Bonchev–Trinajstić information content (AvgIpc) is 2.48. The molecule has 0 saturated heterocycles.